The molecule has 3 heterocycles. The lowest BCUT2D eigenvalue weighted by molar-refractivity contribution is 0.0943. The molecule has 6 rings (SSSR count). The van der Waals surface area contributed by atoms with Gasteiger partial charge >= 0.3 is 0 Å². The van der Waals surface area contributed by atoms with Crippen molar-refractivity contribution in [3.8, 4) is 0 Å². The molecule has 0 fully saturated rings. The van der Waals surface area contributed by atoms with Crippen molar-refractivity contribution in [3.63, 3.8) is 0 Å². The molecule has 7 heteroatoms. The summed E-state index contributed by atoms with van der Waals surface area (Å²) in [7, 11) is 0. The third-order valence-electron chi connectivity index (χ3n) is 6.03. The minimum atomic E-state index is -0.710. The van der Waals surface area contributed by atoms with Gasteiger partial charge in [-0.15, -0.1) is 5.10 Å². The molecule has 7 nitrogen and oxygen atoms in total. The maximum atomic E-state index is 13.3. The van der Waals surface area contributed by atoms with Gasteiger partial charge in [0.05, 0.1) is 23.7 Å². The highest BCUT2D eigenvalue weighted by molar-refractivity contribution is 6.22. The number of anilines is 1. The Kier molecular flexibility index (Phi) is 4.80. The predicted octanol–water partition coefficient (Wildman–Crippen LogP) is 4.37. The van der Waals surface area contributed by atoms with Gasteiger partial charge in [-0.2, -0.15) is 5.10 Å². The number of fused-ring (bicyclic) bond motifs is 4. The van der Waals surface area contributed by atoms with Crippen LogP contribution in [0, 0.1) is 0 Å². The first-order valence-electron chi connectivity index (χ1n) is 11.2. The largest absolute Gasteiger partial charge is 0.351 e. The molecule has 1 aromatic heterocycles. The second-order valence-corrected chi connectivity index (χ2v) is 8.39. The van der Waals surface area contributed by atoms with Crippen LogP contribution in [0.2, 0.25) is 0 Å². The zero-order valence-corrected chi connectivity index (χ0v) is 18.6. The number of rotatable bonds is 3. The number of aromatic nitrogens is 1. The van der Waals surface area contributed by atoms with E-state index in [-0.39, 0.29) is 5.91 Å². The molecular weight excluding hydrogens is 424 g/mol. The highest BCUT2D eigenvalue weighted by atomic mass is 16.2. The van der Waals surface area contributed by atoms with Crippen LogP contribution in [-0.4, -0.2) is 40.9 Å². The van der Waals surface area contributed by atoms with Gasteiger partial charge in [-0.3, -0.25) is 9.79 Å². The van der Waals surface area contributed by atoms with Crippen LogP contribution in [0.3, 0.4) is 0 Å². The number of hydrogen-bond acceptors (Lipinski definition) is 5. The Bertz CT molecular complexity index is 1460. The van der Waals surface area contributed by atoms with Crippen LogP contribution in [-0.2, 0) is 0 Å². The summed E-state index contributed by atoms with van der Waals surface area (Å²) in [5.74, 6) is 0.339. The van der Waals surface area contributed by atoms with E-state index in [2.05, 4.69) is 37.5 Å². The number of benzene rings is 3. The third kappa shape index (κ3) is 3.47. The molecule has 166 valence electrons. The molecule has 0 saturated carbocycles. The molecule has 34 heavy (non-hydrogen) atoms. The first-order valence-corrected chi connectivity index (χ1v) is 11.2. The van der Waals surface area contributed by atoms with Crippen molar-refractivity contribution < 1.29 is 4.79 Å². The van der Waals surface area contributed by atoms with E-state index in [0.29, 0.717) is 18.1 Å². The van der Waals surface area contributed by atoms with E-state index in [1.165, 1.54) is 0 Å². The number of H-pyrrole nitrogens is 1. The number of nitrogens with zero attached hydrogens (tertiary/aromatic N) is 4. The van der Waals surface area contributed by atoms with Gasteiger partial charge in [-0.05, 0) is 25.1 Å². The fourth-order valence-electron chi connectivity index (χ4n) is 4.43. The van der Waals surface area contributed by atoms with Crippen LogP contribution in [0.25, 0.3) is 10.9 Å². The standard InChI is InChI=1S/C27H22N6O/c1-17-16-33-23-14-8-6-12-20(23)24(18-9-3-2-4-10-18)29-25(26(33)32-31-17)30-27(34)22-15-19-11-5-7-13-21(19)28-22/h2-15,25,28H,16H2,1H3,(H,30,34). The SMILES string of the molecule is CC1=NN=C2C(NC(=O)c3cc4ccccc4[nH]3)N=C(c3ccccc3)c3ccccc3N2C1. The van der Waals surface area contributed by atoms with Gasteiger partial charge in [0.2, 0.25) is 0 Å². The van der Waals surface area contributed by atoms with Gasteiger partial charge in [-0.1, -0.05) is 66.7 Å². The number of para-hydroxylation sites is 2. The van der Waals surface area contributed by atoms with Crippen LogP contribution >= 0.6 is 0 Å². The molecule has 2 aliphatic rings. The van der Waals surface area contributed by atoms with Gasteiger partial charge in [-0.25, -0.2) is 0 Å². The molecule has 2 N–H and O–H groups in total. The number of aliphatic imine (C=N–C) groups is 1. The summed E-state index contributed by atoms with van der Waals surface area (Å²) in [4.78, 5) is 23.7. The lowest BCUT2D eigenvalue weighted by atomic mass is 10.00. The number of amides is 1. The van der Waals surface area contributed by atoms with Crippen LogP contribution in [0.4, 0.5) is 5.69 Å². The first-order chi connectivity index (χ1) is 16.7. The third-order valence-corrected chi connectivity index (χ3v) is 6.03. The van der Waals surface area contributed by atoms with E-state index in [0.717, 1.165) is 39.1 Å². The summed E-state index contributed by atoms with van der Waals surface area (Å²) in [6, 6.07) is 27.8. The molecule has 0 aliphatic carbocycles. The van der Waals surface area contributed by atoms with Gasteiger partial charge in [0.25, 0.3) is 5.91 Å². The second-order valence-electron chi connectivity index (χ2n) is 8.39. The summed E-state index contributed by atoms with van der Waals surface area (Å²) in [6.45, 7) is 2.52. The Balaban J connectivity index is 1.47. The number of hydrogen-bond donors (Lipinski definition) is 2. The monoisotopic (exact) mass is 446 g/mol. The fourth-order valence-corrected chi connectivity index (χ4v) is 4.43. The smallest absolute Gasteiger partial charge is 0.269 e. The molecular formula is C27H22N6O. The minimum Gasteiger partial charge on any atom is -0.351 e. The maximum Gasteiger partial charge on any atom is 0.269 e. The van der Waals surface area contributed by atoms with Crippen LogP contribution in [0.15, 0.2) is 100 Å². The van der Waals surface area contributed by atoms with E-state index in [9.17, 15) is 4.79 Å². The summed E-state index contributed by atoms with van der Waals surface area (Å²) < 4.78 is 0. The molecule has 0 spiro atoms. The van der Waals surface area contributed by atoms with Crippen LogP contribution in [0.5, 0.6) is 0 Å². The van der Waals surface area contributed by atoms with Gasteiger partial charge < -0.3 is 15.2 Å². The van der Waals surface area contributed by atoms with Crippen molar-refractivity contribution in [2.75, 3.05) is 11.4 Å². The number of nitrogens with one attached hydrogen (secondary N) is 2. The molecule has 1 amide bonds. The van der Waals surface area contributed by atoms with E-state index >= 15 is 0 Å². The highest BCUT2D eigenvalue weighted by Gasteiger charge is 2.33. The summed E-state index contributed by atoms with van der Waals surface area (Å²) in [6.07, 6.45) is -0.710. The van der Waals surface area contributed by atoms with Gasteiger partial charge in [0, 0.05) is 22.0 Å². The van der Waals surface area contributed by atoms with E-state index in [1.54, 1.807) is 0 Å². The number of carbonyl (C=O) groups excluding carboxylic acids is 1. The Labute approximate surface area is 196 Å². The second kappa shape index (κ2) is 8.12. The van der Waals surface area contributed by atoms with Gasteiger partial charge in [0.1, 0.15) is 5.69 Å². The predicted molar refractivity (Wildman–Crippen MR) is 136 cm³/mol. The lowest BCUT2D eigenvalue weighted by Gasteiger charge is -2.30. The summed E-state index contributed by atoms with van der Waals surface area (Å²) in [5, 5.41) is 12.9. The average Bonchev–Trinajstić information content (AvgIpc) is 3.26. The van der Waals surface area contributed by atoms with E-state index < -0.39 is 6.17 Å². The molecule has 0 bridgehead atoms. The van der Waals surface area contributed by atoms with Crippen molar-refractivity contribution in [1.29, 1.82) is 0 Å². The Hall–Kier alpha value is -4.52. The Morgan fingerprint density at radius 3 is 2.59 bits per heavy atom. The molecule has 4 aromatic rings. The Morgan fingerprint density at radius 2 is 1.74 bits per heavy atom. The molecule has 2 aliphatic heterocycles. The highest BCUT2D eigenvalue weighted by Crippen LogP contribution is 2.30. The molecule has 0 radical (unpaired) electrons. The first kappa shape index (κ1) is 20.1. The normalized spacial score (nSPS) is 17.1. The van der Waals surface area contributed by atoms with E-state index in [1.807, 2.05) is 79.7 Å². The quantitative estimate of drug-likeness (QED) is 0.490. The van der Waals surface area contributed by atoms with Crippen molar-refractivity contribution in [2.45, 2.75) is 13.1 Å². The van der Waals surface area contributed by atoms with Crippen LogP contribution in [0.1, 0.15) is 28.5 Å². The number of carbonyl (C=O) groups is 1. The number of aromatic amines is 1. The molecule has 0 saturated heterocycles. The fraction of sp³-hybridized carbons (Fsp3) is 0.111. The average molecular weight is 447 g/mol. The minimum absolute atomic E-state index is 0.253. The zero-order chi connectivity index (χ0) is 23.1. The summed E-state index contributed by atoms with van der Waals surface area (Å²) in [5.41, 5.74) is 6.01. The van der Waals surface area contributed by atoms with Crippen LogP contribution < -0.4 is 10.2 Å². The number of amidine groups is 1. The molecule has 1 atom stereocenters. The van der Waals surface area contributed by atoms with Crippen molar-refractivity contribution in [1.82, 2.24) is 10.3 Å². The summed E-state index contributed by atoms with van der Waals surface area (Å²) >= 11 is 0. The maximum absolute atomic E-state index is 13.3. The molecule has 1 unspecified atom stereocenters. The topological polar surface area (TPSA) is 85.2 Å². The zero-order valence-electron chi connectivity index (χ0n) is 18.6. The van der Waals surface area contributed by atoms with Crippen molar-refractivity contribution in [3.05, 3.63) is 102 Å². The van der Waals surface area contributed by atoms with Crippen molar-refractivity contribution in [2.24, 2.45) is 15.2 Å². The van der Waals surface area contributed by atoms with Crippen molar-refractivity contribution >= 4 is 39.8 Å². The molecule has 3 aromatic carbocycles. The lowest BCUT2D eigenvalue weighted by Crippen LogP contribution is -2.50. The van der Waals surface area contributed by atoms with E-state index in [4.69, 9.17) is 4.99 Å². The Morgan fingerprint density at radius 1 is 0.971 bits per heavy atom. The van der Waals surface area contributed by atoms with Gasteiger partial charge in [0.15, 0.2) is 12.0 Å².